The van der Waals surface area contributed by atoms with Crippen LogP contribution in [0.15, 0.2) is 47.0 Å². The van der Waals surface area contributed by atoms with Crippen molar-refractivity contribution in [3.8, 4) is 11.5 Å². The molecule has 0 radical (unpaired) electrons. The molecule has 1 aliphatic rings. The summed E-state index contributed by atoms with van der Waals surface area (Å²) >= 11 is 0. The Bertz CT molecular complexity index is 1030. The van der Waals surface area contributed by atoms with E-state index in [9.17, 15) is 9.59 Å². The molecule has 0 aliphatic heterocycles. The van der Waals surface area contributed by atoms with Crippen molar-refractivity contribution in [3.05, 3.63) is 76.2 Å². The van der Waals surface area contributed by atoms with Crippen LogP contribution in [0.1, 0.15) is 43.3 Å². The van der Waals surface area contributed by atoms with E-state index in [0.29, 0.717) is 34.7 Å². The van der Waals surface area contributed by atoms with Crippen LogP contribution in [0.2, 0.25) is 0 Å². The molecule has 0 saturated heterocycles. The number of carbonyl (C=O) groups is 2. The van der Waals surface area contributed by atoms with Crippen molar-refractivity contribution in [2.45, 2.75) is 6.42 Å². The molecule has 1 aromatic heterocycles. The first kappa shape index (κ1) is 16.1. The van der Waals surface area contributed by atoms with Crippen LogP contribution in [0.3, 0.4) is 0 Å². The molecule has 0 fully saturated rings. The topological polar surface area (TPSA) is 78.6 Å². The van der Waals surface area contributed by atoms with E-state index < -0.39 is 0 Å². The van der Waals surface area contributed by atoms with Gasteiger partial charge in [0.05, 0.1) is 25.5 Å². The Morgan fingerprint density at radius 2 is 1.62 bits per heavy atom. The lowest BCUT2D eigenvalue weighted by Gasteiger charge is -2.13. The Balaban J connectivity index is 1.74. The number of ketones is 2. The third-order valence-electron chi connectivity index (χ3n) is 4.43. The number of nitrogens with zero attached hydrogens (tertiary/aromatic N) is 1. The van der Waals surface area contributed by atoms with Gasteiger partial charge in [-0.3, -0.25) is 9.59 Å². The third kappa shape index (κ3) is 2.38. The molecule has 1 heterocycles. The highest BCUT2D eigenvalue weighted by atomic mass is 16.5. The number of benzene rings is 2. The summed E-state index contributed by atoms with van der Waals surface area (Å²) in [5.41, 5.74) is 2.25. The Hall–Kier alpha value is -3.41. The van der Waals surface area contributed by atoms with Gasteiger partial charge in [-0.1, -0.05) is 35.5 Å². The van der Waals surface area contributed by atoms with E-state index in [2.05, 4.69) is 5.16 Å². The minimum absolute atomic E-state index is 0.00387. The maximum Gasteiger partial charge on any atom is 0.232 e. The van der Waals surface area contributed by atoms with Gasteiger partial charge < -0.3 is 14.0 Å². The minimum Gasteiger partial charge on any atom is -0.493 e. The molecule has 26 heavy (non-hydrogen) atoms. The van der Waals surface area contributed by atoms with Crippen molar-refractivity contribution >= 4 is 11.6 Å². The van der Waals surface area contributed by atoms with E-state index in [1.807, 2.05) is 12.1 Å². The molecule has 0 saturated carbocycles. The van der Waals surface area contributed by atoms with Crippen molar-refractivity contribution in [1.82, 2.24) is 5.16 Å². The molecule has 1 aliphatic carbocycles. The lowest BCUT2D eigenvalue weighted by atomic mass is 9.86. The summed E-state index contributed by atoms with van der Waals surface area (Å²) in [6.07, 6.45) is 0.334. The number of hydrogen-bond donors (Lipinski definition) is 0. The Kier molecular flexibility index (Phi) is 3.80. The molecule has 6 heteroatoms. The summed E-state index contributed by atoms with van der Waals surface area (Å²) in [5.74, 6) is 0.631. The van der Waals surface area contributed by atoms with Gasteiger partial charge in [-0.25, -0.2) is 0 Å². The molecule has 0 bridgehead atoms. The normalized spacial score (nSPS) is 12.5. The van der Waals surface area contributed by atoms with Gasteiger partial charge in [-0.05, 0) is 17.7 Å². The smallest absolute Gasteiger partial charge is 0.232 e. The number of fused-ring (bicyclic) bond motifs is 2. The van der Waals surface area contributed by atoms with Gasteiger partial charge in [0, 0.05) is 17.5 Å². The SMILES string of the molecule is COc1ccc(Cc2noc3c2C(=O)c2ccccc2C3=O)cc1OC. The van der Waals surface area contributed by atoms with Gasteiger partial charge in [-0.2, -0.15) is 0 Å². The van der Waals surface area contributed by atoms with Gasteiger partial charge in [-0.15, -0.1) is 0 Å². The zero-order valence-corrected chi connectivity index (χ0v) is 14.2. The van der Waals surface area contributed by atoms with E-state index in [0.717, 1.165) is 5.56 Å². The summed E-state index contributed by atoms with van der Waals surface area (Å²) in [7, 11) is 3.12. The maximum absolute atomic E-state index is 12.9. The van der Waals surface area contributed by atoms with Crippen LogP contribution in [0.4, 0.5) is 0 Å². The zero-order chi connectivity index (χ0) is 18.3. The van der Waals surface area contributed by atoms with E-state index in [1.54, 1.807) is 44.6 Å². The Labute approximate surface area is 149 Å². The highest BCUT2D eigenvalue weighted by Crippen LogP contribution is 2.32. The van der Waals surface area contributed by atoms with Gasteiger partial charge >= 0.3 is 0 Å². The molecule has 0 amide bonds. The molecule has 2 aromatic carbocycles. The lowest BCUT2D eigenvalue weighted by Crippen LogP contribution is -2.20. The van der Waals surface area contributed by atoms with Gasteiger partial charge in [0.2, 0.25) is 11.5 Å². The summed E-state index contributed by atoms with van der Waals surface area (Å²) in [4.78, 5) is 25.4. The average molecular weight is 349 g/mol. The van der Waals surface area contributed by atoms with Gasteiger partial charge in [0.15, 0.2) is 17.3 Å². The van der Waals surface area contributed by atoms with Crippen LogP contribution in [-0.4, -0.2) is 30.9 Å². The predicted octanol–water partition coefficient (Wildman–Crippen LogP) is 3.06. The van der Waals surface area contributed by atoms with E-state index in [-0.39, 0.29) is 22.9 Å². The second-order valence-electron chi connectivity index (χ2n) is 5.90. The number of hydrogen-bond acceptors (Lipinski definition) is 6. The molecule has 4 rings (SSSR count). The summed E-state index contributed by atoms with van der Waals surface area (Å²) in [5, 5.41) is 3.99. The van der Waals surface area contributed by atoms with Crippen molar-refractivity contribution in [1.29, 1.82) is 0 Å². The lowest BCUT2D eigenvalue weighted by molar-refractivity contribution is 0.0955. The molecule has 6 nitrogen and oxygen atoms in total. The molecule has 0 unspecified atom stereocenters. The first-order chi connectivity index (χ1) is 12.6. The van der Waals surface area contributed by atoms with Crippen LogP contribution in [0, 0.1) is 0 Å². The Morgan fingerprint density at radius 3 is 2.31 bits per heavy atom. The number of rotatable bonds is 4. The average Bonchev–Trinajstić information content (AvgIpc) is 3.10. The minimum atomic E-state index is -0.318. The number of aromatic nitrogens is 1. The quantitative estimate of drug-likeness (QED) is 0.563. The fraction of sp³-hybridized carbons (Fsp3) is 0.150. The molecule has 3 aromatic rings. The number of methoxy groups -OCH3 is 2. The van der Waals surface area contributed by atoms with Crippen LogP contribution in [0.25, 0.3) is 0 Å². The van der Waals surface area contributed by atoms with E-state index in [4.69, 9.17) is 14.0 Å². The van der Waals surface area contributed by atoms with Gasteiger partial charge in [0.25, 0.3) is 0 Å². The molecular weight excluding hydrogens is 334 g/mol. The highest BCUT2D eigenvalue weighted by Gasteiger charge is 2.36. The van der Waals surface area contributed by atoms with Gasteiger partial charge in [0.1, 0.15) is 0 Å². The summed E-state index contributed by atoms with van der Waals surface area (Å²) < 4.78 is 15.8. The molecule has 0 spiro atoms. The molecule has 0 N–H and O–H groups in total. The predicted molar refractivity (Wildman–Crippen MR) is 92.2 cm³/mol. The van der Waals surface area contributed by atoms with E-state index in [1.165, 1.54) is 0 Å². The van der Waals surface area contributed by atoms with Crippen molar-refractivity contribution < 1.29 is 23.6 Å². The number of carbonyl (C=O) groups excluding carboxylic acids is 2. The number of ether oxygens (including phenoxy) is 2. The summed E-state index contributed by atoms with van der Waals surface area (Å²) in [6, 6.07) is 12.2. The fourth-order valence-electron chi connectivity index (χ4n) is 3.15. The highest BCUT2D eigenvalue weighted by molar-refractivity contribution is 6.27. The zero-order valence-electron chi connectivity index (χ0n) is 14.2. The second-order valence-corrected chi connectivity index (χ2v) is 5.90. The first-order valence-electron chi connectivity index (χ1n) is 8.02. The molecule has 130 valence electrons. The Morgan fingerprint density at radius 1 is 0.923 bits per heavy atom. The monoisotopic (exact) mass is 349 g/mol. The second kappa shape index (κ2) is 6.15. The van der Waals surface area contributed by atoms with Crippen molar-refractivity contribution in [2.75, 3.05) is 14.2 Å². The van der Waals surface area contributed by atoms with Crippen molar-refractivity contribution in [2.24, 2.45) is 0 Å². The largest absolute Gasteiger partial charge is 0.493 e. The van der Waals surface area contributed by atoms with Crippen LogP contribution in [-0.2, 0) is 6.42 Å². The third-order valence-corrected chi connectivity index (χ3v) is 4.43. The molecule has 0 atom stereocenters. The fourth-order valence-corrected chi connectivity index (χ4v) is 3.15. The van der Waals surface area contributed by atoms with E-state index >= 15 is 0 Å². The first-order valence-corrected chi connectivity index (χ1v) is 8.02. The maximum atomic E-state index is 12.9. The standard InChI is InChI=1S/C20H15NO5/c1-24-15-8-7-11(10-16(15)25-2)9-14-17-18(22)12-5-3-4-6-13(12)19(23)20(17)26-21-14/h3-8,10H,9H2,1-2H3. The van der Waals surface area contributed by atoms with Crippen molar-refractivity contribution in [3.63, 3.8) is 0 Å². The van der Waals surface area contributed by atoms with Crippen LogP contribution < -0.4 is 9.47 Å². The summed E-state index contributed by atoms with van der Waals surface area (Å²) in [6.45, 7) is 0. The molecular formula is C20H15NO5. The van der Waals surface area contributed by atoms with Crippen LogP contribution >= 0.6 is 0 Å². The van der Waals surface area contributed by atoms with Crippen LogP contribution in [0.5, 0.6) is 11.5 Å².